The van der Waals surface area contributed by atoms with E-state index in [2.05, 4.69) is 16.0 Å². The first-order chi connectivity index (χ1) is 15.4. The number of rotatable bonds is 7. The van der Waals surface area contributed by atoms with Crippen LogP contribution in [0.15, 0.2) is 52.2 Å². The number of benzene rings is 2. The molecule has 0 radical (unpaired) electrons. The standard InChI is InChI=1S/C22H17N5O2S3/c1-26(2)17-5-3-14(4-6-17)9-15(11-23)21-24-16(12-30-21)13-31-22-25-19-10-18(27(28)29)7-8-20(19)32-22/h3-10,12H,13H2,1-2H3/b15-9+. The lowest BCUT2D eigenvalue weighted by Gasteiger charge is -2.11. The molecule has 0 aliphatic rings. The Morgan fingerprint density at radius 1 is 1.25 bits per heavy atom. The fourth-order valence-corrected chi connectivity index (χ4v) is 5.71. The van der Waals surface area contributed by atoms with Crippen LogP contribution in [0.2, 0.25) is 0 Å². The summed E-state index contributed by atoms with van der Waals surface area (Å²) in [5.41, 5.74) is 4.09. The van der Waals surface area contributed by atoms with Crippen molar-refractivity contribution in [2.45, 2.75) is 10.1 Å². The van der Waals surface area contributed by atoms with Crippen LogP contribution >= 0.6 is 34.4 Å². The van der Waals surface area contributed by atoms with E-state index in [0.29, 0.717) is 21.9 Å². The zero-order valence-corrected chi connectivity index (χ0v) is 19.6. The summed E-state index contributed by atoms with van der Waals surface area (Å²) in [6.45, 7) is 0. The van der Waals surface area contributed by atoms with Gasteiger partial charge in [-0.05, 0) is 29.8 Å². The van der Waals surface area contributed by atoms with Crippen LogP contribution in [0, 0.1) is 21.4 Å². The van der Waals surface area contributed by atoms with E-state index in [1.807, 2.05) is 54.7 Å². The number of anilines is 1. The van der Waals surface area contributed by atoms with E-state index in [1.165, 1.54) is 46.6 Å². The van der Waals surface area contributed by atoms with Crippen LogP contribution in [0.4, 0.5) is 11.4 Å². The van der Waals surface area contributed by atoms with Gasteiger partial charge in [-0.1, -0.05) is 23.9 Å². The summed E-state index contributed by atoms with van der Waals surface area (Å²) < 4.78 is 1.74. The van der Waals surface area contributed by atoms with E-state index in [0.717, 1.165) is 26.0 Å². The van der Waals surface area contributed by atoms with Gasteiger partial charge in [0, 0.05) is 43.0 Å². The Morgan fingerprint density at radius 3 is 2.72 bits per heavy atom. The predicted octanol–water partition coefficient (Wildman–Crippen LogP) is 6.08. The topological polar surface area (TPSA) is 96.0 Å². The Morgan fingerprint density at radius 2 is 2.03 bits per heavy atom. The number of thioether (sulfide) groups is 1. The van der Waals surface area contributed by atoms with Crippen LogP contribution in [0.1, 0.15) is 16.3 Å². The molecule has 0 spiro atoms. The third-order valence-corrected chi connectivity index (χ3v) is 7.67. The van der Waals surface area contributed by atoms with Gasteiger partial charge in [0.25, 0.3) is 5.69 Å². The van der Waals surface area contributed by atoms with Crippen LogP contribution in [0.25, 0.3) is 21.9 Å². The summed E-state index contributed by atoms with van der Waals surface area (Å²) in [6, 6.07) is 14.9. The number of hydrogen-bond donors (Lipinski definition) is 0. The zero-order chi connectivity index (χ0) is 22.7. The molecule has 0 aliphatic carbocycles. The Bertz CT molecular complexity index is 1350. The predicted molar refractivity (Wildman–Crippen MR) is 132 cm³/mol. The smallest absolute Gasteiger partial charge is 0.271 e. The summed E-state index contributed by atoms with van der Waals surface area (Å²) in [5.74, 6) is 0.606. The molecule has 0 saturated carbocycles. The summed E-state index contributed by atoms with van der Waals surface area (Å²) in [4.78, 5) is 21.7. The molecule has 0 aliphatic heterocycles. The maximum atomic E-state index is 10.9. The zero-order valence-electron chi connectivity index (χ0n) is 17.2. The molecule has 2 aromatic heterocycles. The third-order valence-electron chi connectivity index (χ3n) is 4.53. The molecular weight excluding hydrogens is 462 g/mol. The van der Waals surface area contributed by atoms with Crippen molar-refractivity contribution in [2.75, 3.05) is 19.0 Å². The van der Waals surface area contributed by atoms with Crippen molar-refractivity contribution in [1.82, 2.24) is 9.97 Å². The molecule has 0 atom stereocenters. The molecule has 0 N–H and O–H groups in total. The molecule has 0 fully saturated rings. The molecule has 0 saturated heterocycles. The number of aromatic nitrogens is 2. The molecule has 0 amide bonds. The van der Waals surface area contributed by atoms with Crippen LogP contribution in [0.3, 0.4) is 0 Å². The average molecular weight is 480 g/mol. The van der Waals surface area contributed by atoms with Crippen molar-refractivity contribution in [1.29, 1.82) is 5.26 Å². The number of nitriles is 1. The normalized spacial score (nSPS) is 11.5. The van der Waals surface area contributed by atoms with Gasteiger partial charge in [-0.2, -0.15) is 5.26 Å². The van der Waals surface area contributed by atoms with Crippen molar-refractivity contribution in [3.05, 3.63) is 74.2 Å². The molecule has 4 rings (SSSR count). The van der Waals surface area contributed by atoms with E-state index < -0.39 is 4.92 Å². The largest absolute Gasteiger partial charge is 0.378 e. The van der Waals surface area contributed by atoms with Crippen LogP contribution in [-0.4, -0.2) is 29.0 Å². The highest BCUT2D eigenvalue weighted by molar-refractivity contribution is 8.00. The van der Waals surface area contributed by atoms with Gasteiger partial charge in [0.2, 0.25) is 0 Å². The molecule has 10 heteroatoms. The van der Waals surface area contributed by atoms with Gasteiger partial charge < -0.3 is 4.90 Å². The molecule has 7 nitrogen and oxygen atoms in total. The molecule has 0 bridgehead atoms. The Balaban J connectivity index is 1.46. The van der Waals surface area contributed by atoms with Crippen molar-refractivity contribution in [2.24, 2.45) is 0 Å². The van der Waals surface area contributed by atoms with Gasteiger partial charge in [-0.3, -0.25) is 10.1 Å². The fourth-order valence-electron chi connectivity index (χ4n) is 2.88. The summed E-state index contributed by atoms with van der Waals surface area (Å²) in [5, 5.41) is 23.2. The van der Waals surface area contributed by atoms with Crippen molar-refractivity contribution in [3.63, 3.8) is 0 Å². The molecule has 160 valence electrons. The highest BCUT2D eigenvalue weighted by Crippen LogP contribution is 2.33. The van der Waals surface area contributed by atoms with E-state index in [1.54, 1.807) is 6.07 Å². The van der Waals surface area contributed by atoms with Crippen molar-refractivity contribution in [3.8, 4) is 6.07 Å². The first-order valence-corrected chi connectivity index (χ1v) is 12.1. The maximum absolute atomic E-state index is 10.9. The van der Waals surface area contributed by atoms with E-state index >= 15 is 0 Å². The summed E-state index contributed by atoms with van der Waals surface area (Å²) in [7, 11) is 3.97. The highest BCUT2D eigenvalue weighted by Gasteiger charge is 2.12. The SMILES string of the molecule is CN(C)c1ccc(/C=C(\C#N)c2nc(CSc3nc4cc([N+](=O)[O-])ccc4s3)cs2)cc1. The molecule has 2 aromatic carbocycles. The summed E-state index contributed by atoms with van der Waals surface area (Å²) >= 11 is 4.47. The van der Waals surface area contributed by atoms with E-state index in [-0.39, 0.29) is 5.69 Å². The van der Waals surface area contributed by atoms with E-state index in [4.69, 9.17) is 0 Å². The van der Waals surface area contributed by atoms with Crippen molar-refractivity contribution >= 4 is 67.7 Å². The van der Waals surface area contributed by atoms with Crippen LogP contribution in [0.5, 0.6) is 0 Å². The Labute approximate surface area is 196 Å². The third kappa shape index (κ3) is 4.96. The average Bonchev–Trinajstić information content (AvgIpc) is 3.42. The number of nitrogens with zero attached hydrogens (tertiary/aromatic N) is 5. The van der Waals surface area contributed by atoms with Crippen LogP contribution in [-0.2, 0) is 5.75 Å². The number of nitro groups is 1. The highest BCUT2D eigenvalue weighted by atomic mass is 32.2. The minimum Gasteiger partial charge on any atom is -0.378 e. The Kier molecular flexibility index (Phi) is 6.50. The molecule has 4 aromatic rings. The molecule has 32 heavy (non-hydrogen) atoms. The monoisotopic (exact) mass is 479 g/mol. The first kappa shape index (κ1) is 22.0. The lowest BCUT2D eigenvalue weighted by Crippen LogP contribution is -2.07. The van der Waals surface area contributed by atoms with Gasteiger partial charge in [-0.15, -0.1) is 22.7 Å². The minimum absolute atomic E-state index is 0.0377. The number of hydrogen-bond acceptors (Lipinski definition) is 9. The van der Waals surface area contributed by atoms with Crippen LogP contribution < -0.4 is 4.90 Å². The molecular formula is C22H17N5O2S3. The second-order valence-corrected chi connectivity index (χ2v) is 10.1. The van der Waals surface area contributed by atoms with Gasteiger partial charge in [0.15, 0.2) is 4.34 Å². The first-order valence-electron chi connectivity index (χ1n) is 9.44. The summed E-state index contributed by atoms with van der Waals surface area (Å²) in [6.07, 6.45) is 1.84. The fraction of sp³-hybridized carbons (Fsp3) is 0.136. The van der Waals surface area contributed by atoms with E-state index in [9.17, 15) is 15.4 Å². The Hall–Kier alpha value is -3.26. The maximum Gasteiger partial charge on any atom is 0.271 e. The second-order valence-electron chi connectivity index (χ2n) is 6.98. The van der Waals surface area contributed by atoms with Gasteiger partial charge in [-0.25, -0.2) is 9.97 Å². The quantitative estimate of drug-likeness (QED) is 0.137. The lowest BCUT2D eigenvalue weighted by atomic mass is 10.1. The number of fused-ring (bicyclic) bond motifs is 1. The van der Waals surface area contributed by atoms with Gasteiger partial charge in [0.05, 0.1) is 26.4 Å². The lowest BCUT2D eigenvalue weighted by molar-refractivity contribution is -0.384. The second kappa shape index (κ2) is 9.48. The molecule has 2 heterocycles. The van der Waals surface area contributed by atoms with Gasteiger partial charge >= 0.3 is 0 Å². The number of allylic oxidation sites excluding steroid dienone is 1. The van der Waals surface area contributed by atoms with Gasteiger partial charge in [0.1, 0.15) is 11.1 Å². The number of thiazole rings is 2. The molecule has 0 unspecified atom stereocenters. The van der Waals surface area contributed by atoms with Crippen molar-refractivity contribution < 1.29 is 4.92 Å². The minimum atomic E-state index is -0.417. The number of non-ortho nitro benzene ring substituents is 1. The number of nitro benzene ring substituents is 1.